The number of unbranched alkanes of at least 4 members (excludes halogenated alkanes) is 18. The fourth-order valence-corrected chi connectivity index (χ4v) is 8.46. The molecule has 1 heterocycles. The van der Waals surface area contributed by atoms with E-state index in [2.05, 4.69) is 111 Å². The summed E-state index contributed by atoms with van der Waals surface area (Å²) in [6.45, 7) is 5.58. The number of rotatable bonds is 48. The Balaban J connectivity index is 2.75. The SMILES string of the molecule is CC/C=C\C/C=C\C/C=C\C/C=C\C/C=C\CCCC(=O)OC1C(OCC(NC(=O)C(O)CCCCCCC/C=C\C/C=C\C/C=C\CCCCC)C(O)/C=C/CCCCCCCCCCC)OC(CO)C(O)C1O. The quantitative estimate of drug-likeness (QED) is 0.0195. The van der Waals surface area contributed by atoms with Crippen LogP contribution in [0.25, 0.3) is 0 Å². The third kappa shape index (κ3) is 39.4. The Hall–Kier alpha value is -3.68. The van der Waals surface area contributed by atoms with Gasteiger partial charge in [0.2, 0.25) is 5.91 Å². The molecule has 1 fully saturated rings. The average molecular weight is 1050 g/mol. The topological polar surface area (TPSA) is 175 Å². The van der Waals surface area contributed by atoms with Crippen molar-refractivity contribution in [2.75, 3.05) is 13.2 Å². The van der Waals surface area contributed by atoms with E-state index in [1.165, 1.54) is 64.2 Å². The van der Waals surface area contributed by atoms with E-state index in [1.807, 2.05) is 18.2 Å². The number of hydrogen-bond donors (Lipinski definition) is 6. The Morgan fingerprint density at radius 3 is 1.47 bits per heavy atom. The van der Waals surface area contributed by atoms with Crippen molar-refractivity contribution in [1.29, 1.82) is 0 Å². The highest BCUT2D eigenvalue weighted by Crippen LogP contribution is 2.26. The van der Waals surface area contributed by atoms with Crippen molar-refractivity contribution in [2.24, 2.45) is 0 Å². The van der Waals surface area contributed by atoms with Crippen LogP contribution in [0.1, 0.15) is 220 Å². The molecule has 0 aliphatic carbocycles. The molecule has 1 amide bonds. The molecule has 8 atom stereocenters. The summed E-state index contributed by atoms with van der Waals surface area (Å²) in [7, 11) is 0. The third-order valence-electron chi connectivity index (χ3n) is 13.2. The molecule has 0 aromatic heterocycles. The van der Waals surface area contributed by atoms with Crippen LogP contribution in [0, 0.1) is 0 Å². The summed E-state index contributed by atoms with van der Waals surface area (Å²) in [6.07, 6.45) is 58.4. The number of aliphatic hydroxyl groups excluding tert-OH is 5. The van der Waals surface area contributed by atoms with Crippen molar-refractivity contribution >= 4 is 11.9 Å². The lowest BCUT2D eigenvalue weighted by Gasteiger charge is -2.41. The number of aliphatic hydroxyl groups is 5. The molecule has 1 saturated heterocycles. The summed E-state index contributed by atoms with van der Waals surface area (Å²) in [5, 5.41) is 56.8. The van der Waals surface area contributed by atoms with Crippen LogP contribution >= 0.6 is 0 Å². The van der Waals surface area contributed by atoms with Crippen molar-refractivity contribution in [3.63, 3.8) is 0 Å². The fourth-order valence-electron chi connectivity index (χ4n) is 8.46. The third-order valence-corrected chi connectivity index (χ3v) is 13.2. The average Bonchev–Trinajstić information content (AvgIpc) is 3.41. The molecule has 1 rings (SSSR count). The predicted octanol–water partition coefficient (Wildman–Crippen LogP) is 13.7. The van der Waals surface area contributed by atoms with Crippen LogP contribution in [0.15, 0.2) is 109 Å². The van der Waals surface area contributed by atoms with Crippen LogP contribution < -0.4 is 5.32 Å². The Kier molecular flexibility index (Phi) is 47.2. The van der Waals surface area contributed by atoms with Gasteiger partial charge in [-0.2, -0.15) is 0 Å². The Morgan fingerprint density at radius 2 is 0.960 bits per heavy atom. The number of amides is 1. The zero-order chi connectivity index (χ0) is 54.7. The van der Waals surface area contributed by atoms with E-state index in [-0.39, 0.29) is 19.4 Å². The van der Waals surface area contributed by atoms with Crippen LogP contribution in [0.2, 0.25) is 0 Å². The highest BCUT2D eigenvalue weighted by molar-refractivity contribution is 5.80. The molecular formula is C64H107NO10. The molecule has 0 aromatic rings. The number of allylic oxidation sites excluding steroid dienone is 17. The molecule has 8 unspecified atom stereocenters. The largest absolute Gasteiger partial charge is 0.454 e. The van der Waals surface area contributed by atoms with Gasteiger partial charge in [0.15, 0.2) is 12.4 Å². The molecule has 75 heavy (non-hydrogen) atoms. The molecule has 11 heteroatoms. The number of ether oxygens (including phenoxy) is 3. The fraction of sp³-hybridized carbons (Fsp3) is 0.688. The van der Waals surface area contributed by atoms with Crippen LogP contribution in [0.3, 0.4) is 0 Å². The van der Waals surface area contributed by atoms with Crippen molar-refractivity contribution in [2.45, 2.75) is 269 Å². The zero-order valence-corrected chi connectivity index (χ0v) is 47.1. The maximum absolute atomic E-state index is 13.4. The Labute approximate surface area is 456 Å². The smallest absolute Gasteiger partial charge is 0.306 e. The van der Waals surface area contributed by atoms with Gasteiger partial charge in [0.05, 0.1) is 25.4 Å². The number of hydrogen-bond acceptors (Lipinski definition) is 10. The number of nitrogens with one attached hydrogen (secondary N) is 1. The standard InChI is InChI=1S/C64H107NO10/c1-4-7-10-13-16-19-22-24-26-28-30-31-33-36-39-42-45-48-51-57(68)63(72)65-55(56(67)50-47-44-41-38-35-21-18-15-12-9-6-3)54-73-64-62(61(71)60(70)58(53-66)74-64)75-59(69)52-49-46-43-40-37-34-32-29-27-25-23-20-17-14-11-8-5-2/h8,11,16-17,19-20,24-27,30-32,34,40,43,47,50,55-58,60-62,64,66-68,70-71H,4-7,9-10,12-15,18,21-23,28-29,33,35-39,41-42,44-46,48-49,51-54H2,1-3H3,(H,65,72)/b11-8-,19-16-,20-17-,26-24-,27-25-,31-30-,34-32-,43-40-,50-47+. The predicted molar refractivity (Wildman–Crippen MR) is 310 cm³/mol. The first-order valence-electron chi connectivity index (χ1n) is 29.7. The lowest BCUT2D eigenvalue weighted by atomic mass is 9.99. The van der Waals surface area contributed by atoms with Crippen LogP contribution in [0.4, 0.5) is 0 Å². The van der Waals surface area contributed by atoms with Gasteiger partial charge >= 0.3 is 5.97 Å². The molecule has 0 saturated carbocycles. The number of carbonyl (C=O) groups is 2. The molecule has 0 bridgehead atoms. The zero-order valence-electron chi connectivity index (χ0n) is 47.1. The lowest BCUT2D eigenvalue weighted by molar-refractivity contribution is -0.305. The van der Waals surface area contributed by atoms with Gasteiger partial charge in [0, 0.05) is 6.42 Å². The van der Waals surface area contributed by atoms with Gasteiger partial charge in [-0.15, -0.1) is 0 Å². The van der Waals surface area contributed by atoms with Crippen LogP contribution in [-0.2, 0) is 23.8 Å². The molecule has 0 spiro atoms. The molecule has 428 valence electrons. The van der Waals surface area contributed by atoms with Gasteiger partial charge in [-0.05, 0) is 103 Å². The highest BCUT2D eigenvalue weighted by Gasteiger charge is 2.47. The minimum absolute atomic E-state index is 0.0378. The van der Waals surface area contributed by atoms with Gasteiger partial charge in [0.25, 0.3) is 0 Å². The monoisotopic (exact) mass is 1050 g/mol. The van der Waals surface area contributed by atoms with Gasteiger partial charge in [-0.1, -0.05) is 220 Å². The lowest BCUT2D eigenvalue weighted by Crippen LogP contribution is -2.61. The van der Waals surface area contributed by atoms with Gasteiger partial charge < -0.3 is 45.1 Å². The molecule has 1 aliphatic rings. The minimum atomic E-state index is -1.65. The maximum Gasteiger partial charge on any atom is 0.306 e. The van der Waals surface area contributed by atoms with Crippen molar-refractivity contribution in [1.82, 2.24) is 5.32 Å². The van der Waals surface area contributed by atoms with E-state index in [1.54, 1.807) is 6.08 Å². The van der Waals surface area contributed by atoms with E-state index in [4.69, 9.17) is 14.2 Å². The van der Waals surface area contributed by atoms with Crippen molar-refractivity contribution < 1.29 is 49.3 Å². The molecule has 0 aromatic carbocycles. The van der Waals surface area contributed by atoms with Crippen molar-refractivity contribution in [3.8, 4) is 0 Å². The molecular weight excluding hydrogens is 943 g/mol. The number of esters is 1. The van der Waals surface area contributed by atoms with E-state index < -0.39 is 67.4 Å². The first-order chi connectivity index (χ1) is 36.7. The molecule has 11 nitrogen and oxygen atoms in total. The summed E-state index contributed by atoms with van der Waals surface area (Å²) in [5.74, 6) is -1.28. The van der Waals surface area contributed by atoms with Gasteiger partial charge in [-0.3, -0.25) is 9.59 Å². The second-order valence-electron chi connectivity index (χ2n) is 20.0. The van der Waals surface area contributed by atoms with E-state index in [0.29, 0.717) is 19.3 Å². The molecule has 6 N–H and O–H groups in total. The summed E-state index contributed by atoms with van der Waals surface area (Å²) in [4.78, 5) is 26.5. The van der Waals surface area contributed by atoms with E-state index in [9.17, 15) is 35.1 Å². The Morgan fingerprint density at radius 1 is 0.533 bits per heavy atom. The van der Waals surface area contributed by atoms with Crippen molar-refractivity contribution in [3.05, 3.63) is 109 Å². The summed E-state index contributed by atoms with van der Waals surface area (Å²) in [6, 6.07) is -1.05. The van der Waals surface area contributed by atoms with E-state index in [0.717, 1.165) is 103 Å². The minimum Gasteiger partial charge on any atom is -0.454 e. The highest BCUT2D eigenvalue weighted by atomic mass is 16.7. The van der Waals surface area contributed by atoms with E-state index >= 15 is 0 Å². The maximum atomic E-state index is 13.4. The first-order valence-corrected chi connectivity index (χ1v) is 29.7. The molecule has 1 aliphatic heterocycles. The molecule has 0 radical (unpaired) electrons. The second-order valence-corrected chi connectivity index (χ2v) is 20.0. The second kappa shape index (κ2) is 51.1. The summed E-state index contributed by atoms with van der Waals surface area (Å²) in [5.41, 5.74) is 0. The van der Waals surface area contributed by atoms with Gasteiger partial charge in [-0.25, -0.2) is 0 Å². The first kappa shape index (κ1) is 69.3. The van der Waals surface area contributed by atoms with Crippen LogP contribution in [0.5, 0.6) is 0 Å². The summed E-state index contributed by atoms with van der Waals surface area (Å²) >= 11 is 0. The van der Waals surface area contributed by atoms with Gasteiger partial charge in [0.1, 0.15) is 24.4 Å². The normalized spacial score (nSPS) is 20.0. The number of carbonyl (C=O) groups excluding carboxylic acids is 2. The summed E-state index contributed by atoms with van der Waals surface area (Å²) < 4.78 is 17.5. The van der Waals surface area contributed by atoms with Crippen LogP contribution in [-0.4, -0.2) is 99.6 Å². The Bertz CT molecular complexity index is 1630.